The third kappa shape index (κ3) is 46.0. The molecule has 0 radical (unpaired) electrons. The molecule has 0 aliphatic heterocycles. The summed E-state index contributed by atoms with van der Waals surface area (Å²) in [5.74, 6) is 0.700. The van der Waals surface area contributed by atoms with E-state index in [0.717, 1.165) is 135 Å². The first-order valence-electron chi connectivity index (χ1n) is 31.7. The van der Waals surface area contributed by atoms with Crippen LogP contribution >= 0.6 is 0 Å². The van der Waals surface area contributed by atoms with Gasteiger partial charge in [0.2, 0.25) is 0 Å². The maximum Gasteiger partial charge on any atom is 0.409 e. The first-order valence-corrected chi connectivity index (χ1v) is 31.7. The molecule has 13 nitrogen and oxygen atoms in total. The lowest BCUT2D eigenvalue weighted by Gasteiger charge is -2.26. The van der Waals surface area contributed by atoms with Crippen molar-refractivity contribution in [1.29, 1.82) is 0 Å². The minimum Gasteiger partial charge on any atom is -0.465 e. The summed E-state index contributed by atoms with van der Waals surface area (Å²) in [5, 5.41) is 9.45. The average Bonchev–Trinajstić information content (AvgIpc) is 3.39. The molecule has 13 heteroatoms. The third-order valence-electron chi connectivity index (χ3n) is 14.8. The molecule has 1 N–H and O–H groups in total. The molecule has 0 saturated heterocycles. The highest BCUT2D eigenvalue weighted by atomic mass is 16.6. The molecular weight excluding hydrogens is 945 g/mol. The van der Waals surface area contributed by atoms with Crippen LogP contribution in [0.2, 0.25) is 0 Å². The number of carbonyl (C=O) groups is 4. The van der Waals surface area contributed by atoms with Crippen molar-refractivity contribution in [3.63, 3.8) is 0 Å². The molecule has 0 unspecified atom stereocenters. The SMILES string of the molecule is CCCCCCCN(CCCCCC(=O)OCC(CCCCC)CCCCC)C(=O)OCCN(CCCN(C)CCO)CCOC(=O)N(CCCCCCC)CCCCCC(=O)OCC(CCCCC)CCCCC. The summed E-state index contributed by atoms with van der Waals surface area (Å²) < 4.78 is 23.5. The van der Waals surface area contributed by atoms with Gasteiger partial charge in [0.05, 0.1) is 19.8 Å². The molecule has 0 saturated carbocycles. The summed E-state index contributed by atoms with van der Waals surface area (Å²) in [7, 11) is 2.00. The lowest BCUT2D eigenvalue weighted by molar-refractivity contribution is -0.146. The Morgan fingerprint density at radius 3 is 1.04 bits per heavy atom. The van der Waals surface area contributed by atoms with E-state index in [1.54, 1.807) is 0 Å². The van der Waals surface area contributed by atoms with Crippen LogP contribution in [0.15, 0.2) is 0 Å². The van der Waals surface area contributed by atoms with Crippen LogP contribution in [0.3, 0.4) is 0 Å². The number of rotatable bonds is 56. The number of likely N-dealkylation sites (N-methyl/N-ethyl adjacent to an activating group) is 1. The fourth-order valence-electron chi connectivity index (χ4n) is 9.71. The monoisotopic (exact) mass is 1070 g/mol. The van der Waals surface area contributed by atoms with Crippen LogP contribution in [0.5, 0.6) is 0 Å². The summed E-state index contributed by atoms with van der Waals surface area (Å²) in [6.45, 7) is 20.6. The molecule has 0 bridgehead atoms. The van der Waals surface area contributed by atoms with Gasteiger partial charge in [-0.05, 0) is 103 Å². The molecule has 0 spiro atoms. The highest BCUT2D eigenvalue weighted by Crippen LogP contribution is 2.21. The topological polar surface area (TPSA) is 138 Å². The molecule has 0 heterocycles. The number of aliphatic hydroxyl groups excluding tert-OH is 1. The van der Waals surface area contributed by atoms with Gasteiger partial charge in [-0.25, -0.2) is 9.59 Å². The minimum atomic E-state index is -0.299. The molecule has 0 atom stereocenters. The second-order valence-electron chi connectivity index (χ2n) is 22.0. The predicted octanol–water partition coefficient (Wildman–Crippen LogP) is 15.2. The molecule has 0 rings (SSSR count). The lowest BCUT2D eigenvalue weighted by Crippen LogP contribution is -2.39. The van der Waals surface area contributed by atoms with Crippen molar-refractivity contribution in [2.75, 3.05) is 99.0 Å². The first-order chi connectivity index (χ1) is 36.6. The Kier molecular flexibility index (Phi) is 52.8. The predicted molar refractivity (Wildman–Crippen MR) is 311 cm³/mol. The van der Waals surface area contributed by atoms with E-state index in [9.17, 15) is 24.3 Å². The van der Waals surface area contributed by atoms with Crippen LogP contribution in [0.1, 0.15) is 266 Å². The Hall–Kier alpha value is -2.64. The Labute approximate surface area is 462 Å². The first kappa shape index (κ1) is 72.4. The maximum absolute atomic E-state index is 13.6. The molecule has 444 valence electrons. The molecule has 0 aromatic heterocycles. The Balaban J connectivity index is 5.38. The average molecular weight is 1070 g/mol. The van der Waals surface area contributed by atoms with Gasteiger partial charge >= 0.3 is 24.1 Å². The number of esters is 2. The molecule has 0 aromatic rings. The number of unbranched alkanes of at least 4 members (excludes halogenated alkanes) is 20. The van der Waals surface area contributed by atoms with Crippen molar-refractivity contribution in [3.8, 4) is 0 Å². The van der Waals surface area contributed by atoms with Crippen LogP contribution in [0.25, 0.3) is 0 Å². The van der Waals surface area contributed by atoms with Gasteiger partial charge in [0.25, 0.3) is 0 Å². The summed E-state index contributed by atoms with van der Waals surface area (Å²) in [6.07, 6.45) is 35.9. The summed E-state index contributed by atoms with van der Waals surface area (Å²) >= 11 is 0. The smallest absolute Gasteiger partial charge is 0.409 e. The van der Waals surface area contributed by atoms with Crippen LogP contribution in [0.4, 0.5) is 9.59 Å². The van der Waals surface area contributed by atoms with Gasteiger partial charge in [0, 0.05) is 58.7 Å². The van der Waals surface area contributed by atoms with Crippen molar-refractivity contribution < 1.29 is 43.2 Å². The van der Waals surface area contributed by atoms with Gasteiger partial charge < -0.3 is 38.8 Å². The highest BCUT2D eigenvalue weighted by molar-refractivity contribution is 5.70. The Morgan fingerprint density at radius 2 is 0.693 bits per heavy atom. The zero-order chi connectivity index (χ0) is 55.3. The summed E-state index contributed by atoms with van der Waals surface area (Å²) in [4.78, 5) is 60.7. The molecular formula is C62H122N4O9. The van der Waals surface area contributed by atoms with Crippen molar-refractivity contribution in [2.45, 2.75) is 266 Å². The molecule has 0 aliphatic rings. The number of aliphatic hydroxyl groups is 1. The van der Waals surface area contributed by atoms with Gasteiger partial charge in [-0.1, -0.05) is 183 Å². The van der Waals surface area contributed by atoms with Gasteiger partial charge in [-0.15, -0.1) is 0 Å². The van der Waals surface area contributed by atoms with Crippen LogP contribution < -0.4 is 0 Å². The van der Waals surface area contributed by atoms with E-state index in [1.165, 1.54) is 89.9 Å². The second-order valence-corrected chi connectivity index (χ2v) is 22.0. The number of ether oxygens (including phenoxy) is 4. The Bertz CT molecular complexity index is 1190. The Morgan fingerprint density at radius 1 is 0.360 bits per heavy atom. The summed E-state index contributed by atoms with van der Waals surface area (Å²) in [6, 6.07) is 0. The van der Waals surface area contributed by atoms with E-state index in [4.69, 9.17) is 18.9 Å². The minimum absolute atomic E-state index is 0.104. The van der Waals surface area contributed by atoms with E-state index in [1.807, 2.05) is 16.8 Å². The van der Waals surface area contributed by atoms with E-state index in [2.05, 4.69) is 51.3 Å². The molecule has 0 aliphatic carbocycles. The molecule has 75 heavy (non-hydrogen) atoms. The fraction of sp³-hybridized carbons (Fsp3) is 0.935. The van der Waals surface area contributed by atoms with E-state index >= 15 is 0 Å². The van der Waals surface area contributed by atoms with Crippen molar-refractivity contribution >= 4 is 24.1 Å². The molecule has 0 aromatic carbocycles. The zero-order valence-corrected chi connectivity index (χ0v) is 50.3. The molecule has 0 fully saturated rings. The quantitative estimate of drug-likeness (QED) is 0.0354. The van der Waals surface area contributed by atoms with Gasteiger partial charge in [0.1, 0.15) is 13.2 Å². The molecule has 2 amide bonds. The van der Waals surface area contributed by atoms with Crippen molar-refractivity contribution in [3.05, 3.63) is 0 Å². The van der Waals surface area contributed by atoms with Gasteiger partial charge in [-0.3, -0.25) is 14.5 Å². The fourth-order valence-corrected chi connectivity index (χ4v) is 9.71. The van der Waals surface area contributed by atoms with E-state index in [-0.39, 0.29) is 43.9 Å². The highest BCUT2D eigenvalue weighted by Gasteiger charge is 2.19. The zero-order valence-electron chi connectivity index (χ0n) is 50.3. The summed E-state index contributed by atoms with van der Waals surface area (Å²) in [5.41, 5.74) is 0. The lowest BCUT2D eigenvalue weighted by atomic mass is 9.96. The van der Waals surface area contributed by atoms with Crippen molar-refractivity contribution in [2.24, 2.45) is 11.8 Å². The third-order valence-corrected chi connectivity index (χ3v) is 14.8. The van der Waals surface area contributed by atoms with E-state index < -0.39 is 0 Å². The number of hydrogen-bond donors (Lipinski definition) is 1. The van der Waals surface area contributed by atoms with Gasteiger partial charge in [0.15, 0.2) is 0 Å². The van der Waals surface area contributed by atoms with Crippen LogP contribution in [-0.2, 0) is 28.5 Å². The van der Waals surface area contributed by atoms with E-state index in [0.29, 0.717) is 83.7 Å². The number of nitrogens with zero attached hydrogens (tertiary/aromatic N) is 4. The number of carbonyl (C=O) groups excluding carboxylic acids is 4. The standard InChI is InChI=1S/C62H122N4O9/c1-8-14-20-22-32-45-65(47-34-24-30-41-59(68)74-55-57(37-26-16-10-3)38-27-17-11-4)61(70)72-53-50-64(44-36-43-63(7)49-52-67)51-54-73-62(71)66(46-33-23-21-15-9-2)48-35-25-31-42-60(69)75-56-58(39-28-18-12-5)40-29-19-13-6/h57-58,67H,8-56H2,1-7H3. The van der Waals surface area contributed by atoms with Crippen molar-refractivity contribution in [1.82, 2.24) is 19.6 Å². The van der Waals surface area contributed by atoms with Gasteiger partial charge in [-0.2, -0.15) is 0 Å². The number of hydrogen-bond acceptors (Lipinski definition) is 11. The van der Waals surface area contributed by atoms with Crippen LogP contribution in [0, 0.1) is 11.8 Å². The second kappa shape index (κ2) is 54.7. The normalized spacial score (nSPS) is 11.6. The maximum atomic E-state index is 13.6. The largest absolute Gasteiger partial charge is 0.465 e. The van der Waals surface area contributed by atoms with Crippen LogP contribution in [-0.4, -0.2) is 148 Å². The number of amides is 2.